The highest BCUT2D eigenvalue weighted by atomic mass is 35.5. The molecule has 0 saturated heterocycles. The number of rotatable bonds is 1. The molecular formula is C10H7ClF3N3S. The highest BCUT2D eigenvalue weighted by molar-refractivity contribution is 7.80. The van der Waals surface area contributed by atoms with Crippen LogP contribution in [0.5, 0.6) is 0 Å². The molecule has 0 saturated carbocycles. The van der Waals surface area contributed by atoms with Crippen molar-refractivity contribution < 1.29 is 13.2 Å². The maximum absolute atomic E-state index is 12.6. The zero-order valence-corrected chi connectivity index (χ0v) is 10.7. The SMILES string of the molecule is Cc1nnc(S)n1-c1cc(C(F)(F)F)ccc1Cl. The maximum Gasteiger partial charge on any atom is 0.416 e. The van der Waals surface area contributed by atoms with Crippen LogP contribution in [0, 0.1) is 6.92 Å². The molecule has 96 valence electrons. The van der Waals surface area contributed by atoms with Crippen molar-refractivity contribution in [3.63, 3.8) is 0 Å². The molecular weight excluding hydrogens is 287 g/mol. The van der Waals surface area contributed by atoms with Crippen LogP contribution >= 0.6 is 24.2 Å². The topological polar surface area (TPSA) is 30.7 Å². The number of hydrogen-bond acceptors (Lipinski definition) is 3. The van der Waals surface area contributed by atoms with Gasteiger partial charge in [-0.1, -0.05) is 11.6 Å². The molecule has 1 aromatic carbocycles. The first kappa shape index (κ1) is 13.2. The Kier molecular flexibility index (Phi) is 3.29. The van der Waals surface area contributed by atoms with Gasteiger partial charge in [0.1, 0.15) is 5.82 Å². The molecule has 1 aromatic heterocycles. The molecule has 3 nitrogen and oxygen atoms in total. The fourth-order valence-corrected chi connectivity index (χ4v) is 1.99. The van der Waals surface area contributed by atoms with Crippen LogP contribution in [0.2, 0.25) is 5.02 Å². The minimum atomic E-state index is -4.43. The molecule has 0 atom stereocenters. The van der Waals surface area contributed by atoms with Crippen molar-refractivity contribution in [2.45, 2.75) is 18.3 Å². The molecule has 0 fully saturated rings. The van der Waals surface area contributed by atoms with Crippen molar-refractivity contribution in [1.29, 1.82) is 0 Å². The average molecular weight is 294 g/mol. The summed E-state index contributed by atoms with van der Waals surface area (Å²) in [6, 6.07) is 3.05. The largest absolute Gasteiger partial charge is 0.416 e. The van der Waals surface area contributed by atoms with Gasteiger partial charge in [0.2, 0.25) is 0 Å². The first-order valence-electron chi connectivity index (χ1n) is 4.79. The van der Waals surface area contributed by atoms with Gasteiger partial charge in [-0.3, -0.25) is 4.57 Å². The van der Waals surface area contributed by atoms with Gasteiger partial charge in [0.05, 0.1) is 16.3 Å². The van der Waals surface area contributed by atoms with E-state index in [2.05, 4.69) is 22.8 Å². The predicted molar refractivity (Wildman–Crippen MR) is 63.4 cm³/mol. The fourth-order valence-electron chi connectivity index (χ4n) is 1.49. The van der Waals surface area contributed by atoms with E-state index < -0.39 is 11.7 Å². The Morgan fingerprint density at radius 1 is 1.28 bits per heavy atom. The van der Waals surface area contributed by atoms with Crippen molar-refractivity contribution >= 4 is 24.2 Å². The lowest BCUT2D eigenvalue weighted by Gasteiger charge is -2.12. The standard InChI is InChI=1S/C10H7ClF3N3S/c1-5-15-16-9(18)17(5)8-4-6(10(12,13)14)2-3-7(8)11/h2-4H,1H3,(H,16,18). The van der Waals surface area contributed by atoms with E-state index in [0.29, 0.717) is 5.82 Å². The van der Waals surface area contributed by atoms with Gasteiger partial charge < -0.3 is 0 Å². The van der Waals surface area contributed by atoms with Gasteiger partial charge in [-0.25, -0.2) is 0 Å². The van der Waals surface area contributed by atoms with Gasteiger partial charge in [0.15, 0.2) is 5.16 Å². The third-order valence-electron chi connectivity index (χ3n) is 2.32. The lowest BCUT2D eigenvalue weighted by atomic mass is 10.2. The quantitative estimate of drug-likeness (QED) is 0.815. The Morgan fingerprint density at radius 3 is 2.44 bits per heavy atom. The minimum absolute atomic E-state index is 0.152. The summed E-state index contributed by atoms with van der Waals surface area (Å²) in [7, 11) is 0. The number of alkyl halides is 3. The van der Waals surface area contributed by atoms with E-state index in [1.807, 2.05) is 0 Å². The van der Waals surface area contributed by atoms with Gasteiger partial charge in [-0.05, 0) is 25.1 Å². The minimum Gasteiger partial charge on any atom is -0.273 e. The van der Waals surface area contributed by atoms with Crippen molar-refractivity contribution in [2.75, 3.05) is 0 Å². The van der Waals surface area contributed by atoms with E-state index in [-0.39, 0.29) is 15.9 Å². The molecule has 0 aliphatic rings. The van der Waals surface area contributed by atoms with E-state index >= 15 is 0 Å². The summed E-state index contributed by atoms with van der Waals surface area (Å²) in [5, 5.41) is 7.73. The number of benzene rings is 1. The second kappa shape index (κ2) is 4.47. The van der Waals surface area contributed by atoms with Crippen LogP contribution in [-0.2, 0) is 6.18 Å². The molecule has 0 spiro atoms. The van der Waals surface area contributed by atoms with Crippen LogP contribution < -0.4 is 0 Å². The van der Waals surface area contributed by atoms with E-state index in [9.17, 15) is 13.2 Å². The lowest BCUT2D eigenvalue weighted by Crippen LogP contribution is -2.07. The van der Waals surface area contributed by atoms with Crippen LogP contribution in [0.3, 0.4) is 0 Å². The van der Waals surface area contributed by atoms with E-state index in [4.69, 9.17) is 11.6 Å². The first-order valence-corrected chi connectivity index (χ1v) is 5.61. The Hall–Kier alpha value is -1.21. The summed E-state index contributed by atoms with van der Waals surface area (Å²) in [5.41, 5.74) is -0.637. The zero-order chi connectivity index (χ0) is 13.5. The predicted octanol–water partition coefficient (Wildman–Crippen LogP) is 3.54. The molecule has 2 rings (SSSR count). The second-order valence-corrected chi connectivity index (χ2v) is 4.35. The number of nitrogens with zero attached hydrogens (tertiary/aromatic N) is 3. The summed E-state index contributed by atoms with van der Waals surface area (Å²) in [5.74, 6) is 0.404. The van der Waals surface area contributed by atoms with Gasteiger partial charge in [-0.15, -0.1) is 22.8 Å². The molecule has 18 heavy (non-hydrogen) atoms. The Bertz CT molecular complexity index is 575. The lowest BCUT2D eigenvalue weighted by molar-refractivity contribution is -0.137. The summed E-state index contributed by atoms with van der Waals surface area (Å²) in [4.78, 5) is 0. The van der Waals surface area contributed by atoms with Crippen molar-refractivity contribution in [3.8, 4) is 5.69 Å². The normalized spacial score (nSPS) is 11.9. The van der Waals surface area contributed by atoms with Crippen molar-refractivity contribution in [3.05, 3.63) is 34.6 Å². The maximum atomic E-state index is 12.6. The molecule has 0 amide bonds. The number of halogens is 4. The number of thiol groups is 1. The van der Waals surface area contributed by atoms with E-state index in [0.717, 1.165) is 12.1 Å². The molecule has 0 bridgehead atoms. The summed E-state index contributed by atoms with van der Waals surface area (Å²) in [6.07, 6.45) is -4.43. The Morgan fingerprint density at radius 2 is 1.94 bits per heavy atom. The molecule has 1 heterocycles. The number of aryl methyl sites for hydroxylation is 1. The van der Waals surface area contributed by atoms with Crippen molar-refractivity contribution in [1.82, 2.24) is 14.8 Å². The molecule has 0 radical (unpaired) electrons. The summed E-state index contributed by atoms with van der Waals surface area (Å²) >= 11 is 9.94. The van der Waals surface area contributed by atoms with Crippen LogP contribution in [0.15, 0.2) is 23.4 Å². The van der Waals surface area contributed by atoms with E-state index in [1.165, 1.54) is 10.6 Å². The molecule has 0 aliphatic heterocycles. The average Bonchev–Trinajstić information content (AvgIpc) is 2.58. The van der Waals surface area contributed by atoms with Crippen LogP contribution in [0.25, 0.3) is 5.69 Å². The van der Waals surface area contributed by atoms with Gasteiger partial charge in [0, 0.05) is 0 Å². The van der Waals surface area contributed by atoms with Gasteiger partial charge >= 0.3 is 6.18 Å². The molecule has 0 unspecified atom stereocenters. The smallest absolute Gasteiger partial charge is 0.273 e. The van der Waals surface area contributed by atoms with Crippen molar-refractivity contribution in [2.24, 2.45) is 0 Å². The Labute approximate surface area is 111 Å². The second-order valence-electron chi connectivity index (χ2n) is 3.55. The third-order valence-corrected chi connectivity index (χ3v) is 2.93. The van der Waals surface area contributed by atoms with E-state index in [1.54, 1.807) is 6.92 Å². The monoisotopic (exact) mass is 293 g/mol. The summed E-state index contributed by atoms with van der Waals surface area (Å²) in [6.45, 7) is 1.60. The first-order chi connectivity index (χ1) is 8.30. The zero-order valence-electron chi connectivity index (χ0n) is 9.03. The van der Waals surface area contributed by atoms with Crippen LogP contribution in [-0.4, -0.2) is 14.8 Å². The molecule has 8 heteroatoms. The van der Waals surface area contributed by atoms with Gasteiger partial charge in [-0.2, -0.15) is 13.2 Å². The molecule has 2 aromatic rings. The molecule has 0 aliphatic carbocycles. The highest BCUT2D eigenvalue weighted by Gasteiger charge is 2.31. The number of hydrogen-bond donors (Lipinski definition) is 1. The molecule has 0 N–H and O–H groups in total. The number of aromatic nitrogens is 3. The van der Waals surface area contributed by atoms with Crippen LogP contribution in [0.1, 0.15) is 11.4 Å². The fraction of sp³-hybridized carbons (Fsp3) is 0.200. The van der Waals surface area contributed by atoms with Gasteiger partial charge in [0.25, 0.3) is 0 Å². The van der Waals surface area contributed by atoms with Crippen LogP contribution in [0.4, 0.5) is 13.2 Å². The highest BCUT2D eigenvalue weighted by Crippen LogP contribution is 2.33. The Balaban J connectivity index is 2.65. The summed E-state index contributed by atoms with van der Waals surface area (Å²) < 4.78 is 39.3. The third kappa shape index (κ3) is 2.32.